The van der Waals surface area contributed by atoms with Crippen molar-refractivity contribution in [3.8, 4) is 12.3 Å². The van der Waals surface area contributed by atoms with Gasteiger partial charge >= 0.3 is 0 Å². The van der Waals surface area contributed by atoms with Gasteiger partial charge < -0.3 is 9.64 Å². The van der Waals surface area contributed by atoms with Gasteiger partial charge in [-0.3, -0.25) is 4.90 Å². The second kappa shape index (κ2) is 5.26. The summed E-state index contributed by atoms with van der Waals surface area (Å²) in [6, 6.07) is 5.37. The van der Waals surface area contributed by atoms with Crippen molar-refractivity contribution >= 4 is 5.82 Å². The molecule has 0 radical (unpaired) electrons. The maximum Gasteiger partial charge on any atom is 0.128 e. The van der Waals surface area contributed by atoms with Crippen molar-refractivity contribution in [2.45, 2.75) is 31.8 Å². The van der Waals surface area contributed by atoms with E-state index >= 15 is 0 Å². The Morgan fingerprint density at radius 1 is 1.32 bits per heavy atom. The first-order chi connectivity index (χ1) is 10.7. The number of piperazine rings is 1. The molecule has 0 saturated carbocycles. The molecule has 3 aliphatic rings. The van der Waals surface area contributed by atoms with Crippen molar-refractivity contribution in [3.63, 3.8) is 0 Å². The number of rotatable bonds is 3. The molecule has 1 aromatic rings. The number of hydrogen-bond acceptors (Lipinski definition) is 4. The van der Waals surface area contributed by atoms with Gasteiger partial charge in [0.05, 0.1) is 13.2 Å². The van der Waals surface area contributed by atoms with E-state index in [4.69, 9.17) is 11.2 Å². The summed E-state index contributed by atoms with van der Waals surface area (Å²) in [6.07, 6.45) is 9.82. The van der Waals surface area contributed by atoms with E-state index < -0.39 is 0 Å². The number of ether oxygens (including phenoxy) is 1. The zero-order valence-electron chi connectivity index (χ0n) is 13.2. The first-order valence-electron chi connectivity index (χ1n) is 8.18. The van der Waals surface area contributed by atoms with Crippen molar-refractivity contribution in [3.05, 3.63) is 23.9 Å². The Labute approximate surface area is 132 Å². The van der Waals surface area contributed by atoms with Crippen LogP contribution in [0.4, 0.5) is 5.82 Å². The minimum absolute atomic E-state index is 0.371. The van der Waals surface area contributed by atoms with Gasteiger partial charge in [0.2, 0.25) is 0 Å². The molecule has 0 spiro atoms. The van der Waals surface area contributed by atoms with Crippen molar-refractivity contribution in [1.82, 2.24) is 9.88 Å². The van der Waals surface area contributed by atoms with E-state index in [1.165, 1.54) is 19.4 Å². The van der Waals surface area contributed by atoms with Crippen LogP contribution >= 0.6 is 0 Å². The summed E-state index contributed by atoms with van der Waals surface area (Å²) in [5.74, 6) is 3.70. The van der Waals surface area contributed by atoms with Gasteiger partial charge in [-0.05, 0) is 25.0 Å². The van der Waals surface area contributed by atoms with E-state index in [-0.39, 0.29) is 0 Å². The summed E-state index contributed by atoms with van der Waals surface area (Å²) in [7, 11) is 0. The third-order valence-electron chi connectivity index (χ3n) is 5.34. The predicted molar refractivity (Wildman–Crippen MR) is 86.8 cm³/mol. The van der Waals surface area contributed by atoms with Gasteiger partial charge in [-0.1, -0.05) is 12.8 Å². The highest BCUT2D eigenvalue weighted by atomic mass is 16.5. The highest BCUT2D eigenvalue weighted by molar-refractivity contribution is 5.44. The Hall–Kier alpha value is -1.57. The van der Waals surface area contributed by atoms with Crippen LogP contribution in [0.5, 0.6) is 0 Å². The van der Waals surface area contributed by atoms with Crippen molar-refractivity contribution < 1.29 is 4.74 Å². The first kappa shape index (κ1) is 14.0. The molecule has 0 N–H and O–H groups in total. The molecule has 3 fully saturated rings. The van der Waals surface area contributed by atoms with Gasteiger partial charge in [0.25, 0.3) is 0 Å². The van der Waals surface area contributed by atoms with Crippen LogP contribution < -0.4 is 4.90 Å². The van der Waals surface area contributed by atoms with E-state index in [0.29, 0.717) is 17.5 Å². The first-order valence-corrected chi connectivity index (χ1v) is 8.18. The molecule has 4 rings (SSSR count). The highest BCUT2D eigenvalue weighted by Crippen LogP contribution is 2.37. The minimum atomic E-state index is 0.371. The molecule has 2 unspecified atom stereocenters. The number of aromatic nitrogens is 1. The van der Waals surface area contributed by atoms with E-state index in [0.717, 1.165) is 37.7 Å². The number of terminal acetylenes is 1. The molecule has 0 aliphatic carbocycles. The van der Waals surface area contributed by atoms with Gasteiger partial charge in [-0.15, -0.1) is 6.42 Å². The minimum Gasteiger partial charge on any atom is -0.380 e. The van der Waals surface area contributed by atoms with Crippen molar-refractivity contribution in [1.29, 1.82) is 0 Å². The lowest BCUT2D eigenvalue weighted by molar-refractivity contribution is -0.120. The Balaban J connectivity index is 1.46. The molecule has 4 nitrogen and oxygen atoms in total. The SMILES string of the molecule is C#Cc1ccc(N2CC3CCC(C2)N3CC2(C)COC2)nc1. The maximum absolute atomic E-state index is 5.42. The zero-order valence-corrected chi connectivity index (χ0v) is 13.2. The van der Waals surface area contributed by atoms with Crippen molar-refractivity contribution in [2.75, 3.05) is 37.7 Å². The van der Waals surface area contributed by atoms with Crippen molar-refractivity contribution in [2.24, 2.45) is 5.41 Å². The van der Waals surface area contributed by atoms with Crippen LogP contribution in [0.1, 0.15) is 25.3 Å². The van der Waals surface area contributed by atoms with Crippen LogP contribution in [-0.4, -0.2) is 54.8 Å². The van der Waals surface area contributed by atoms with Crippen LogP contribution in [0.3, 0.4) is 0 Å². The van der Waals surface area contributed by atoms with Gasteiger partial charge in [0.15, 0.2) is 0 Å². The standard InChI is InChI=1S/C18H23N3O/c1-3-14-4-7-17(19-8-14)20-9-15-5-6-16(10-20)21(15)11-18(2)12-22-13-18/h1,4,7-8,15-16H,5-6,9-13H2,2H3. The normalized spacial score (nSPS) is 29.9. The molecule has 3 aliphatic heterocycles. The lowest BCUT2D eigenvalue weighted by Crippen LogP contribution is -2.59. The lowest BCUT2D eigenvalue weighted by Gasteiger charge is -2.48. The summed E-state index contributed by atoms with van der Waals surface area (Å²) in [5.41, 5.74) is 1.22. The largest absolute Gasteiger partial charge is 0.380 e. The molecule has 4 heteroatoms. The zero-order chi connectivity index (χ0) is 15.2. The second-order valence-electron chi connectivity index (χ2n) is 7.32. The molecule has 3 saturated heterocycles. The average Bonchev–Trinajstić information content (AvgIpc) is 2.74. The smallest absolute Gasteiger partial charge is 0.128 e. The molecule has 0 aromatic carbocycles. The summed E-state index contributed by atoms with van der Waals surface area (Å²) >= 11 is 0. The lowest BCUT2D eigenvalue weighted by atomic mass is 9.87. The van der Waals surface area contributed by atoms with Crippen LogP contribution in [0.25, 0.3) is 0 Å². The molecular weight excluding hydrogens is 274 g/mol. The fourth-order valence-electron chi connectivity index (χ4n) is 4.08. The molecule has 2 atom stereocenters. The number of nitrogens with zero attached hydrogens (tertiary/aromatic N) is 3. The molecular formula is C18H23N3O. The van der Waals surface area contributed by atoms with Gasteiger partial charge in [-0.2, -0.15) is 0 Å². The van der Waals surface area contributed by atoms with Gasteiger partial charge in [-0.25, -0.2) is 4.98 Å². The van der Waals surface area contributed by atoms with Gasteiger partial charge in [0, 0.05) is 48.9 Å². The monoisotopic (exact) mass is 297 g/mol. The highest BCUT2D eigenvalue weighted by Gasteiger charge is 2.45. The summed E-state index contributed by atoms with van der Waals surface area (Å²) in [4.78, 5) is 9.70. The molecule has 0 amide bonds. The fourth-order valence-corrected chi connectivity index (χ4v) is 4.08. The molecule has 2 bridgehead atoms. The number of fused-ring (bicyclic) bond motifs is 2. The molecule has 1 aromatic heterocycles. The van der Waals surface area contributed by atoms with Crippen LogP contribution in [0, 0.1) is 17.8 Å². The Bertz CT molecular complexity index is 573. The van der Waals surface area contributed by atoms with E-state index in [1.54, 1.807) is 6.20 Å². The topological polar surface area (TPSA) is 28.6 Å². The Kier molecular flexibility index (Phi) is 3.36. The Morgan fingerprint density at radius 3 is 2.55 bits per heavy atom. The quantitative estimate of drug-likeness (QED) is 0.795. The maximum atomic E-state index is 5.42. The van der Waals surface area contributed by atoms with Crippen LogP contribution in [0.15, 0.2) is 18.3 Å². The second-order valence-corrected chi connectivity index (χ2v) is 7.32. The van der Waals surface area contributed by atoms with Gasteiger partial charge in [0.1, 0.15) is 5.82 Å². The van der Waals surface area contributed by atoms with Crippen LogP contribution in [0.2, 0.25) is 0 Å². The molecule has 4 heterocycles. The summed E-state index contributed by atoms with van der Waals surface area (Å²) in [5, 5.41) is 0. The third kappa shape index (κ3) is 2.39. The molecule has 22 heavy (non-hydrogen) atoms. The van der Waals surface area contributed by atoms with E-state index in [9.17, 15) is 0 Å². The number of hydrogen-bond donors (Lipinski definition) is 0. The number of anilines is 1. The van der Waals surface area contributed by atoms with Crippen LogP contribution in [-0.2, 0) is 4.74 Å². The average molecular weight is 297 g/mol. The fraction of sp³-hybridized carbons (Fsp3) is 0.611. The Morgan fingerprint density at radius 2 is 2.05 bits per heavy atom. The molecule has 116 valence electrons. The summed E-state index contributed by atoms with van der Waals surface area (Å²) < 4.78 is 5.42. The third-order valence-corrected chi connectivity index (χ3v) is 5.34. The van der Waals surface area contributed by atoms with E-state index in [2.05, 4.69) is 33.7 Å². The predicted octanol–water partition coefficient (Wildman–Crippen LogP) is 1.75. The summed E-state index contributed by atoms with van der Waals surface area (Å²) in [6.45, 7) is 7.53. The number of pyridine rings is 1. The van der Waals surface area contributed by atoms with E-state index in [1.807, 2.05) is 6.07 Å².